The molecule has 0 amide bonds. The van der Waals surface area contributed by atoms with E-state index in [0.717, 1.165) is 4.88 Å². The van der Waals surface area contributed by atoms with Gasteiger partial charge in [0.2, 0.25) is 15.8 Å². The van der Waals surface area contributed by atoms with Crippen molar-refractivity contribution in [3.05, 3.63) is 39.5 Å². The summed E-state index contributed by atoms with van der Waals surface area (Å²) >= 11 is 7.64. The molecular formula is C19H28ClN7O7S2. The number of sulfonamides is 1. The number of rotatable bonds is 11. The maximum atomic E-state index is 11.6. The van der Waals surface area contributed by atoms with E-state index in [1.54, 1.807) is 18.4 Å². The number of aliphatic hydroxyl groups excluding tert-OH is 5. The fourth-order valence-corrected chi connectivity index (χ4v) is 4.61. The van der Waals surface area contributed by atoms with Crippen molar-refractivity contribution < 1.29 is 34.0 Å². The normalized spacial score (nSPS) is 14.9. The molecule has 4 atom stereocenters. The molecule has 3 aromatic rings. The third kappa shape index (κ3) is 8.41. The van der Waals surface area contributed by atoms with Crippen LogP contribution >= 0.6 is 22.9 Å². The van der Waals surface area contributed by atoms with Gasteiger partial charge in [-0.2, -0.15) is 5.21 Å². The number of halogens is 1. The first-order valence-corrected chi connectivity index (χ1v) is 13.1. The van der Waals surface area contributed by atoms with Gasteiger partial charge in [0, 0.05) is 29.2 Å². The van der Waals surface area contributed by atoms with Crippen LogP contribution in [0.3, 0.4) is 0 Å². The van der Waals surface area contributed by atoms with Gasteiger partial charge in [0.25, 0.3) is 0 Å². The number of hydrogen-bond acceptors (Lipinski definition) is 13. The Bertz CT molecular complexity index is 1170. The summed E-state index contributed by atoms with van der Waals surface area (Å²) < 4.78 is 23.3. The zero-order valence-corrected chi connectivity index (χ0v) is 21.4. The molecule has 0 unspecified atom stereocenters. The molecule has 0 bridgehead atoms. The average Bonchev–Trinajstić information content (AvgIpc) is 3.55. The van der Waals surface area contributed by atoms with Gasteiger partial charge >= 0.3 is 0 Å². The summed E-state index contributed by atoms with van der Waals surface area (Å²) in [7, 11) is -2.39. The summed E-state index contributed by atoms with van der Waals surface area (Å²) in [5.41, 5.74) is 1.01. The van der Waals surface area contributed by atoms with E-state index in [4.69, 9.17) is 37.2 Å². The number of nitrogens with one attached hydrogen (secondary N) is 3. The van der Waals surface area contributed by atoms with Crippen LogP contribution < -0.4 is 15.8 Å². The van der Waals surface area contributed by atoms with Gasteiger partial charge in [-0.25, -0.2) is 13.6 Å². The third-order valence-electron chi connectivity index (χ3n) is 4.74. The van der Waals surface area contributed by atoms with E-state index >= 15 is 0 Å². The first-order chi connectivity index (χ1) is 17.0. The predicted octanol–water partition coefficient (Wildman–Crippen LogP) is -1.52. The number of nitrogens with two attached hydrogens (primary N) is 1. The minimum atomic E-state index is -3.97. The van der Waals surface area contributed by atoms with E-state index in [1.165, 1.54) is 12.1 Å². The van der Waals surface area contributed by atoms with Crippen molar-refractivity contribution >= 4 is 38.6 Å². The van der Waals surface area contributed by atoms with Crippen LogP contribution in [0.15, 0.2) is 34.5 Å². The highest BCUT2D eigenvalue weighted by molar-refractivity contribution is 7.89. The largest absolute Gasteiger partial charge is 0.394 e. The van der Waals surface area contributed by atoms with Crippen molar-refractivity contribution in [2.75, 3.05) is 25.5 Å². The molecule has 0 radical (unpaired) electrons. The number of aliphatic hydroxyl groups is 5. The topological polar surface area (TPSA) is 240 Å². The van der Waals surface area contributed by atoms with Gasteiger partial charge < -0.3 is 36.2 Å². The molecule has 2 aromatic heterocycles. The van der Waals surface area contributed by atoms with E-state index in [0.29, 0.717) is 17.8 Å². The number of aromatic nitrogens is 4. The Hall–Kier alpha value is -2.25. The summed E-state index contributed by atoms with van der Waals surface area (Å²) in [6.07, 6.45) is -5.65. The summed E-state index contributed by atoms with van der Waals surface area (Å²) in [5, 5.41) is 71.4. The molecule has 17 heteroatoms. The Morgan fingerprint density at radius 2 is 1.89 bits per heavy atom. The van der Waals surface area contributed by atoms with Crippen LogP contribution in [0.25, 0.3) is 11.4 Å². The summed E-state index contributed by atoms with van der Waals surface area (Å²) in [4.78, 5) is 0.913. The average molecular weight is 566 g/mol. The van der Waals surface area contributed by atoms with Crippen molar-refractivity contribution in [1.29, 1.82) is 0 Å². The fraction of sp³-hybridized carbons (Fsp3) is 0.421. The second-order valence-electron chi connectivity index (χ2n) is 7.40. The molecule has 0 saturated heterocycles. The van der Waals surface area contributed by atoms with Crippen molar-refractivity contribution in [3.63, 3.8) is 0 Å². The molecule has 0 saturated carbocycles. The zero-order valence-electron chi connectivity index (χ0n) is 19.0. The Labute approximate surface area is 215 Å². The van der Waals surface area contributed by atoms with Crippen LogP contribution in [0, 0.1) is 0 Å². The summed E-state index contributed by atoms with van der Waals surface area (Å²) in [6, 6.07) is 6.74. The maximum absolute atomic E-state index is 11.6. The standard InChI is InChI=1S/C12H11ClN6O2S2.C7H17NO5/c13-9-5-10(15-6-7-2-1-3-22-7)8(12-16-18-19-17-12)4-11(9)23(14,20)21;1-8-2-4(10)6(12)7(13)5(11)3-9/h1-5,15H,6H2,(H2,14,20,21)(H,16,17,18,19);4-13H,2-3H2,1H3/t;4-,5+,6+,7+/m.0/s1. The Kier molecular flexibility index (Phi) is 11.6. The lowest BCUT2D eigenvalue weighted by Gasteiger charge is -2.25. The van der Waals surface area contributed by atoms with Crippen molar-refractivity contribution in [2.45, 2.75) is 35.9 Å². The van der Waals surface area contributed by atoms with Gasteiger partial charge in [-0.05, 0) is 35.8 Å². The SMILES string of the molecule is CNC[C@H](O)[C@@H](O)[C@H](O)[C@H](O)CO.NS(=O)(=O)c1cc(-c2nn[nH]n2)c(NCc2cccs2)cc1Cl. The van der Waals surface area contributed by atoms with E-state index in [9.17, 15) is 13.5 Å². The number of thiophene rings is 1. The molecule has 0 spiro atoms. The predicted molar refractivity (Wildman–Crippen MR) is 133 cm³/mol. The molecular weight excluding hydrogens is 538 g/mol. The van der Waals surface area contributed by atoms with Crippen molar-refractivity contribution in [3.8, 4) is 11.4 Å². The second-order valence-corrected chi connectivity index (χ2v) is 10.4. The molecule has 1 aromatic carbocycles. The van der Waals surface area contributed by atoms with Crippen LogP contribution in [-0.2, 0) is 16.6 Å². The highest BCUT2D eigenvalue weighted by Gasteiger charge is 2.29. The quantitative estimate of drug-likeness (QED) is 0.129. The lowest BCUT2D eigenvalue weighted by atomic mass is 10.0. The fourth-order valence-electron chi connectivity index (χ4n) is 2.87. The number of nitrogens with zero attached hydrogens (tertiary/aromatic N) is 3. The molecule has 0 aliphatic rings. The van der Waals surface area contributed by atoms with Gasteiger partial charge in [0.15, 0.2) is 0 Å². The van der Waals surface area contributed by atoms with E-state index in [-0.39, 0.29) is 22.3 Å². The molecule has 0 aliphatic heterocycles. The minimum Gasteiger partial charge on any atom is -0.394 e. The molecule has 36 heavy (non-hydrogen) atoms. The van der Waals surface area contributed by atoms with E-state index < -0.39 is 41.0 Å². The Balaban J connectivity index is 0.000000302. The molecule has 200 valence electrons. The van der Waals surface area contributed by atoms with Crippen LogP contribution in [0.5, 0.6) is 0 Å². The van der Waals surface area contributed by atoms with Gasteiger partial charge in [-0.1, -0.05) is 17.7 Å². The molecule has 2 heterocycles. The smallest absolute Gasteiger partial charge is 0.239 e. The zero-order chi connectivity index (χ0) is 26.9. The van der Waals surface area contributed by atoms with Gasteiger partial charge in [0.1, 0.15) is 23.2 Å². The number of anilines is 1. The number of primary sulfonamides is 1. The Morgan fingerprint density at radius 1 is 1.19 bits per heavy atom. The van der Waals surface area contributed by atoms with Crippen molar-refractivity contribution in [1.82, 2.24) is 25.9 Å². The molecule has 14 nitrogen and oxygen atoms in total. The van der Waals surface area contributed by atoms with Gasteiger partial charge in [-0.3, -0.25) is 0 Å². The van der Waals surface area contributed by atoms with E-state index in [1.807, 2.05) is 17.5 Å². The van der Waals surface area contributed by atoms with E-state index in [2.05, 4.69) is 31.3 Å². The molecule has 0 aliphatic carbocycles. The van der Waals surface area contributed by atoms with Crippen LogP contribution in [0.2, 0.25) is 5.02 Å². The number of benzene rings is 1. The van der Waals surface area contributed by atoms with Gasteiger partial charge in [-0.15, -0.1) is 21.5 Å². The highest BCUT2D eigenvalue weighted by atomic mass is 35.5. The van der Waals surface area contributed by atoms with Crippen LogP contribution in [0.1, 0.15) is 4.88 Å². The minimum absolute atomic E-state index is 0.0217. The highest BCUT2D eigenvalue weighted by Crippen LogP contribution is 2.33. The molecule has 10 N–H and O–H groups in total. The first kappa shape index (κ1) is 30.0. The number of tetrazole rings is 1. The van der Waals surface area contributed by atoms with Crippen LogP contribution in [-0.4, -0.2) is 99.2 Å². The summed E-state index contributed by atoms with van der Waals surface area (Å²) in [5.74, 6) is 0.236. The molecule has 0 fully saturated rings. The number of hydrogen-bond donors (Lipinski definition) is 9. The Morgan fingerprint density at radius 3 is 2.42 bits per heavy atom. The van der Waals surface area contributed by atoms with Gasteiger partial charge in [0.05, 0.1) is 17.7 Å². The monoisotopic (exact) mass is 565 g/mol. The van der Waals surface area contributed by atoms with Crippen LogP contribution in [0.4, 0.5) is 5.69 Å². The first-order valence-electron chi connectivity index (χ1n) is 10.3. The second kappa shape index (κ2) is 13.9. The summed E-state index contributed by atoms with van der Waals surface area (Å²) in [6.45, 7) is -0.0194. The number of likely N-dealkylation sites (N-methyl/N-ethyl adjacent to an activating group) is 1. The number of aromatic amines is 1. The number of H-pyrrole nitrogens is 1. The van der Waals surface area contributed by atoms with Crippen molar-refractivity contribution in [2.24, 2.45) is 5.14 Å². The third-order valence-corrected chi connectivity index (χ3v) is 6.99. The lowest BCUT2D eigenvalue weighted by molar-refractivity contribution is -0.113. The lowest BCUT2D eigenvalue weighted by Crippen LogP contribution is -2.48. The maximum Gasteiger partial charge on any atom is 0.239 e. The molecule has 3 rings (SSSR count).